The Labute approximate surface area is 108 Å². The number of aromatic hydroxyl groups is 1. The Morgan fingerprint density at radius 3 is 2.28 bits per heavy atom. The van der Waals surface area contributed by atoms with Crippen LogP contribution in [0.2, 0.25) is 0 Å². The van der Waals surface area contributed by atoms with Crippen LogP contribution in [0.4, 0.5) is 5.69 Å². The van der Waals surface area contributed by atoms with Gasteiger partial charge in [-0.25, -0.2) is 0 Å². The predicted octanol–water partition coefficient (Wildman–Crippen LogP) is 3.93. The average Bonchev–Trinajstić information content (AvgIpc) is 2.34. The second-order valence-electron chi connectivity index (χ2n) is 4.79. The lowest BCUT2D eigenvalue weighted by molar-refractivity contribution is 0.471. The molecule has 2 aromatic rings. The Kier molecular flexibility index (Phi) is 3.56. The van der Waals surface area contributed by atoms with E-state index in [-0.39, 0.29) is 0 Å². The fourth-order valence-electron chi connectivity index (χ4n) is 1.89. The summed E-state index contributed by atoms with van der Waals surface area (Å²) in [6.45, 7) is 6.79. The molecule has 0 radical (unpaired) electrons. The van der Waals surface area contributed by atoms with Gasteiger partial charge in [0.15, 0.2) is 0 Å². The molecule has 2 aromatic carbocycles. The summed E-state index contributed by atoms with van der Waals surface area (Å²) in [5, 5.41) is 13.0. The van der Waals surface area contributed by atoms with Gasteiger partial charge in [0.05, 0.1) is 0 Å². The number of benzene rings is 2. The molecule has 0 aromatic heterocycles. The summed E-state index contributed by atoms with van der Waals surface area (Å²) in [5.41, 5.74) is 5.56. The Hall–Kier alpha value is -1.96. The fraction of sp³-hybridized carbons (Fsp3) is 0.250. The number of rotatable bonds is 3. The van der Waals surface area contributed by atoms with E-state index in [0.29, 0.717) is 5.75 Å². The van der Waals surface area contributed by atoms with Gasteiger partial charge >= 0.3 is 0 Å². The Morgan fingerprint density at radius 1 is 0.944 bits per heavy atom. The fourth-order valence-corrected chi connectivity index (χ4v) is 1.89. The summed E-state index contributed by atoms with van der Waals surface area (Å²) >= 11 is 0. The Balaban J connectivity index is 2.10. The van der Waals surface area contributed by atoms with Crippen molar-refractivity contribution >= 4 is 5.69 Å². The van der Waals surface area contributed by atoms with Crippen LogP contribution in [0.3, 0.4) is 0 Å². The van der Waals surface area contributed by atoms with Gasteiger partial charge in [-0.15, -0.1) is 0 Å². The molecule has 0 amide bonds. The van der Waals surface area contributed by atoms with Crippen molar-refractivity contribution < 1.29 is 5.11 Å². The van der Waals surface area contributed by atoms with Gasteiger partial charge in [-0.2, -0.15) is 0 Å². The molecule has 94 valence electrons. The van der Waals surface area contributed by atoms with Crippen molar-refractivity contribution in [2.45, 2.75) is 27.3 Å². The molecule has 0 heterocycles. The van der Waals surface area contributed by atoms with Crippen molar-refractivity contribution in [3.05, 3.63) is 58.7 Å². The lowest BCUT2D eigenvalue weighted by Gasteiger charge is -2.12. The van der Waals surface area contributed by atoms with Gasteiger partial charge in [0.25, 0.3) is 0 Å². The smallest absolute Gasteiger partial charge is 0.118 e. The summed E-state index contributed by atoms with van der Waals surface area (Å²) in [7, 11) is 0. The normalized spacial score (nSPS) is 10.4. The van der Waals surface area contributed by atoms with Crippen LogP contribution in [0.25, 0.3) is 0 Å². The summed E-state index contributed by atoms with van der Waals surface area (Å²) in [5.74, 6) is 0.355. The monoisotopic (exact) mass is 241 g/mol. The van der Waals surface area contributed by atoms with Crippen molar-refractivity contribution in [1.29, 1.82) is 0 Å². The highest BCUT2D eigenvalue weighted by Gasteiger charge is 2.03. The number of nitrogens with one attached hydrogen (secondary N) is 1. The van der Waals surface area contributed by atoms with Crippen LogP contribution < -0.4 is 5.32 Å². The zero-order valence-corrected chi connectivity index (χ0v) is 11.1. The number of phenols is 1. The standard InChI is InChI=1S/C16H19NO/c1-11-4-6-14(7-5-11)10-17-15-8-13(3)16(18)9-12(15)2/h4-9,17-18H,10H2,1-3H3. The zero-order chi connectivity index (χ0) is 13.1. The molecule has 0 atom stereocenters. The molecule has 0 aliphatic carbocycles. The van der Waals surface area contributed by atoms with E-state index < -0.39 is 0 Å². The first kappa shape index (κ1) is 12.5. The molecule has 0 unspecified atom stereocenters. The second kappa shape index (κ2) is 5.13. The first-order valence-corrected chi connectivity index (χ1v) is 6.16. The number of hydrogen-bond acceptors (Lipinski definition) is 2. The highest BCUT2D eigenvalue weighted by atomic mass is 16.3. The summed E-state index contributed by atoms with van der Waals surface area (Å²) in [6.07, 6.45) is 0. The predicted molar refractivity (Wildman–Crippen MR) is 76.1 cm³/mol. The molecule has 0 saturated heterocycles. The van der Waals surface area contributed by atoms with Crippen molar-refractivity contribution in [3.63, 3.8) is 0 Å². The van der Waals surface area contributed by atoms with Crippen LogP contribution in [0.1, 0.15) is 22.3 Å². The second-order valence-corrected chi connectivity index (χ2v) is 4.79. The van der Waals surface area contributed by atoms with Crippen LogP contribution in [0.5, 0.6) is 5.75 Å². The Bertz CT molecular complexity index is 544. The highest BCUT2D eigenvalue weighted by Crippen LogP contribution is 2.25. The Morgan fingerprint density at radius 2 is 1.61 bits per heavy atom. The molecule has 0 saturated carbocycles. The van der Waals surface area contributed by atoms with Crippen molar-refractivity contribution in [1.82, 2.24) is 0 Å². The molecule has 0 spiro atoms. The largest absolute Gasteiger partial charge is 0.508 e. The summed E-state index contributed by atoms with van der Waals surface area (Å²) in [4.78, 5) is 0. The first-order valence-electron chi connectivity index (χ1n) is 6.16. The van der Waals surface area contributed by atoms with Gasteiger partial charge in [-0.1, -0.05) is 29.8 Å². The molecule has 0 aliphatic heterocycles. The van der Waals surface area contributed by atoms with E-state index >= 15 is 0 Å². The van der Waals surface area contributed by atoms with Crippen molar-refractivity contribution in [3.8, 4) is 5.75 Å². The van der Waals surface area contributed by atoms with E-state index in [9.17, 15) is 5.11 Å². The number of anilines is 1. The van der Waals surface area contributed by atoms with E-state index in [2.05, 4.69) is 36.5 Å². The van der Waals surface area contributed by atoms with E-state index in [1.807, 2.05) is 19.9 Å². The molecule has 2 rings (SSSR count). The van der Waals surface area contributed by atoms with Gasteiger partial charge in [0.1, 0.15) is 5.75 Å². The zero-order valence-electron chi connectivity index (χ0n) is 11.1. The van der Waals surface area contributed by atoms with Gasteiger partial charge in [0.2, 0.25) is 0 Å². The van der Waals surface area contributed by atoms with E-state index in [1.54, 1.807) is 6.07 Å². The van der Waals surface area contributed by atoms with Crippen LogP contribution >= 0.6 is 0 Å². The van der Waals surface area contributed by atoms with Gasteiger partial charge < -0.3 is 10.4 Å². The maximum Gasteiger partial charge on any atom is 0.118 e. The minimum Gasteiger partial charge on any atom is -0.508 e. The van der Waals surface area contributed by atoms with Gasteiger partial charge in [0, 0.05) is 12.2 Å². The third-order valence-corrected chi connectivity index (χ3v) is 3.15. The lowest BCUT2D eigenvalue weighted by Crippen LogP contribution is -2.01. The summed E-state index contributed by atoms with van der Waals surface area (Å²) < 4.78 is 0. The van der Waals surface area contributed by atoms with Crippen LogP contribution in [0.15, 0.2) is 36.4 Å². The van der Waals surface area contributed by atoms with Gasteiger partial charge in [-0.05, 0) is 49.6 Å². The van der Waals surface area contributed by atoms with Crippen LogP contribution in [0, 0.1) is 20.8 Å². The SMILES string of the molecule is Cc1ccc(CNc2cc(C)c(O)cc2C)cc1. The first-order chi connectivity index (χ1) is 8.56. The van der Waals surface area contributed by atoms with Crippen molar-refractivity contribution in [2.75, 3.05) is 5.32 Å². The molecule has 0 bridgehead atoms. The third kappa shape index (κ3) is 2.83. The van der Waals surface area contributed by atoms with Crippen LogP contribution in [-0.2, 0) is 6.54 Å². The average molecular weight is 241 g/mol. The number of phenolic OH excluding ortho intramolecular Hbond substituents is 1. The lowest BCUT2D eigenvalue weighted by atomic mass is 10.1. The maximum absolute atomic E-state index is 9.61. The maximum atomic E-state index is 9.61. The molecule has 0 aliphatic rings. The van der Waals surface area contributed by atoms with E-state index in [4.69, 9.17) is 0 Å². The molecule has 18 heavy (non-hydrogen) atoms. The quantitative estimate of drug-likeness (QED) is 0.798. The molecule has 2 N–H and O–H groups in total. The number of aryl methyl sites for hydroxylation is 3. The highest BCUT2D eigenvalue weighted by molar-refractivity contribution is 5.56. The minimum absolute atomic E-state index is 0.355. The van der Waals surface area contributed by atoms with Crippen molar-refractivity contribution in [2.24, 2.45) is 0 Å². The summed E-state index contributed by atoms with van der Waals surface area (Å²) in [6, 6.07) is 12.3. The van der Waals surface area contributed by atoms with Gasteiger partial charge in [-0.3, -0.25) is 0 Å². The molecule has 2 heteroatoms. The van der Waals surface area contributed by atoms with Crippen LogP contribution in [-0.4, -0.2) is 5.11 Å². The van der Waals surface area contributed by atoms with E-state index in [0.717, 1.165) is 23.4 Å². The molecular weight excluding hydrogens is 222 g/mol. The topological polar surface area (TPSA) is 32.3 Å². The number of hydrogen-bond donors (Lipinski definition) is 2. The molecule has 0 fully saturated rings. The molecular formula is C16H19NO. The molecule has 2 nitrogen and oxygen atoms in total. The van der Waals surface area contributed by atoms with E-state index in [1.165, 1.54) is 11.1 Å². The minimum atomic E-state index is 0.355. The third-order valence-electron chi connectivity index (χ3n) is 3.15.